The Kier molecular flexibility index (Phi) is 7.47. The first-order chi connectivity index (χ1) is 23.4. The van der Waals surface area contributed by atoms with Gasteiger partial charge in [0.1, 0.15) is 51.2 Å². The Balaban J connectivity index is 1.28. The van der Waals surface area contributed by atoms with E-state index in [-0.39, 0.29) is 69.8 Å². The van der Waals surface area contributed by atoms with Gasteiger partial charge in [0, 0.05) is 55.5 Å². The molecule has 4 aliphatic rings. The SMILES string of the molecule is C#Cc1c(F)ccc2cc(O)cc(-c3ncc4c(N5CC6CCC(CS(C)(=O)=O)(C5)N6)nc(OC[C@@]56CCCN5C[C@H](F)C6)nc4c3F)c12. The predicted molar refractivity (Wildman–Crippen MR) is 179 cm³/mol. The van der Waals surface area contributed by atoms with Gasteiger partial charge in [-0.1, -0.05) is 12.0 Å². The number of alkyl halides is 1. The number of nitrogens with zero attached hydrogens (tertiary/aromatic N) is 5. The minimum absolute atomic E-state index is 0.0244. The van der Waals surface area contributed by atoms with Crippen LogP contribution in [0.15, 0.2) is 30.5 Å². The zero-order valence-electron chi connectivity index (χ0n) is 26.8. The van der Waals surface area contributed by atoms with E-state index in [9.17, 15) is 22.3 Å². The van der Waals surface area contributed by atoms with E-state index in [0.29, 0.717) is 37.1 Å². The Hall–Kier alpha value is -4.19. The normalized spacial score (nSPS) is 26.8. The molecule has 10 nitrogen and oxygen atoms in total. The van der Waals surface area contributed by atoms with Crippen molar-refractivity contribution in [2.75, 3.05) is 49.7 Å². The maximum atomic E-state index is 16.9. The number of hydrogen-bond acceptors (Lipinski definition) is 10. The molecule has 4 atom stereocenters. The van der Waals surface area contributed by atoms with E-state index in [1.807, 2.05) is 4.90 Å². The number of phenolic OH excluding ortho intramolecular Hbond substituents is 1. The molecule has 4 saturated heterocycles. The van der Waals surface area contributed by atoms with Gasteiger partial charge in [-0.25, -0.2) is 21.6 Å². The van der Waals surface area contributed by atoms with Crippen molar-refractivity contribution in [2.45, 2.75) is 55.4 Å². The van der Waals surface area contributed by atoms with Crippen LogP contribution in [0.5, 0.6) is 11.8 Å². The minimum atomic E-state index is -3.34. The molecule has 2 unspecified atom stereocenters. The fourth-order valence-corrected chi connectivity index (χ4v) is 10.0. The van der Waals surface area contributed by atoms with E-state index in [0.717, 1.165) is 25.8 Å². The first kappa shape index (κ1) is 32.0. The lowest BCUT2D eigenvalue weighted by Gasteiger charge is -2.42. The standard InChI is InChI=1S/C35H35F3N6O4S/c1-3-24-27(37)6-5-20-11-23(45)12-25(28(20)24)30-29(38)31-26(14-39-30)32(43-16-22-7-9-34(17-43,42-22)19-49(2,46)47)41-33(40-31)48-18-35-8-4-10-44(35)15-21(36)13-35/h1,5-6,11-12,14,21-22,42,45H,4,7-10,13,15-19H2,2H3/t21-,22?,34?,35+/m1/s1. The van der Waals surface area contributed by atoms with Crippen LogP contribution in [0.25, 0.3) is 32.9 Å². The Morgan fingerprint density at radius 3 is 2.84 bits per heavy atom. The molecule has 256 valence electrons. The number of rotatable bonds is 7. The van der Waals surface area contributed by atoms with Gasteiger partial charge in [-0.15, -0.1) is 6.42 Å². The summed E-state index contributed by atoms with van der Waals surface area (Å²) in [5, 5.41) is 14.9. The number of aromatic nitrogens is 3. The van der Waals surface area contributed by atoms with Gasteiger partial charge in [0.05, 0.1) is 27.8 Å². The molecule has 8 rings (SSSR count). The molecule has 0 saturated carbocycles. The number of sulfone groups is 1. The average Bonchev–Trinajstić information content (AvgIpc) is 3.67. The van der Waals surface area contributed by atoms with Crippen molar-refractivity contribution in [1.29, 1.82) is 0 Å². The van der Waals surface area contributed by atoms with Gasteiger partial charge in [0.2, 0.25) is 0 Å². The van der Waals surface area contributed by atoms with Gasteiger partial charge < -0.3 is 20.1 Å². The molecule has 6 heterocycles. The number of pyridine rings is 1. The number of phenols is 1. The predicted octanol–water partition coefficient (Wildman–Crippen LogP) is 4.12. The molecule has 0 spiro atoms. The summed E-state index contributed by atoms with van der Waals surface area (Å²) in [6.45, 7) is 1.97. The van der Waals surface area contributed by atoms with Gasteiger partial charge in [-0.3, -0.25) is 9.88 Å². The maximum absolute atomic E-state index is 16.9. The number of benzene rings is 2. The summed E-state index contributed by atoms with van der Waals surface area (Å²) in [5.41, 5.74) is -1.59. The number of hydrogen-bond donors (Lipinski definition) is 2. The van der Waals surface area contributed by atoms with Crippen molar-refractivity contribution in [3.8, 4) is 35.4 Å². The van der Waals surface area contributed by atoms with Crippen molar-refractivity contribution < 1.29 is 31.4 Å². The lowest BCUT2D eigenvalue weighted by Crippen LogP contribution is -2.62. The summed E-state index contributed by atoms with van der Waals surface area (Å²) >= 11 is 0. The third-order valence-corrected chi connectivity index (χ3v) is 11.7. The van der Waals surface area contributed by atoms with Crippen LogP contribution in [0.4, 0.5) is 19.0 Å². The molecule has 4 aromatic rings. The summed E-state index contributed by atoms with van der Waals surface area (Å²) in [4.78, 5) is 17.8. The summed E-state index contributed by atoms with van der Waals surface area (Å²) < 4.78 is 77.5. The van der Waals surface area contributed by atoms with Gasteiger partial charge in [-0.05, 0) is 55.8 Å². The molecule has 4 fully saturated rings. The van der Waals surface area contributed by atoms with Gasteiger partial charge in [0.25, 0.3) is 0 Å². The number of ether oxygens (including phenoxy) is 1. The Labute approximate surface area is 281 Å². The molecule has 4 aliphatic heterocycles. The van der Waals surface area contributed by atoms with Crippen molar-refractivity contribution >= 4 is 37.3 Å². The second-order valence-corrected chi connectivity index (χ2v) is 16.3. The second kappa shape index (κ2) is 11.4. The lowest BCUT2D eigenvalue weighted by molar-refractivity contribution is 0.107. The zero-order chi connectivity index (χ0) is 34.3. The Morgan fingerprint density at radius 2 is 2.04 bits per heavy atom. The number of halogens is 3. The molecule has 0 amide bonds. The third-order valence-electron chi connectivity index (χ3n) is 10.6. The van der Waals surface area contributed by atoms with E-state index in [4.69, 9.17) is 16.1 Å². The van der Waals surface area contributed by atoms with Crippen molar-refractivity contribution in [3.05, 3.63) is 47.7 Å². The van der Waals surface area contributed by atoms with Gasteiger partial charge in [-0.2, -0.15) is 9.97 Å². The monoisotopic (exact) mass is 692 g/mol. The molecular weight excluding hydrogens is 657 g/mol. The summed E-state index contributed by atoms with van der Waals surface area (Å²) in [6, 6.07) is 5.19. The minimum Gasteiger partial charge on any atom is -0.508 e. The number of terminal acetylenes is 1. The molecule has 0 aliphatic carbocycles. The van der Waals surface area contributed by atoms with Crippen molar-refractivity contribution in [3.63, 3.8) is 0 Å². The summed E-state index contributed by atoms with van der Waals surface area (Å²) in [5.74, 6) is 0.870. The highest BCUT2D eigenvalue weighted by atomic mass is 32.2. The van der Waals surface area contributed by atoms with E-state index in [1.165, 1.54) is 36.7 Å². The molecule has 14 heteroatoms. The molecule has 2 aromatic carbocycles. The van der Waals surface area contributed by atoms with Crippen LogP contribution in [-0.2, 0) is 9.84 Å². The van der Waals surface area contributed by atoms with Crippen LogP contribution in [-0.4, -0.2) is 101 Å². The van der Waals surface area contributed by atoms with Gasteiger partial charge in [0.15, 0.2) is 5.82 Å². The zero-order valence-corrected chi connectivity index (χ0v) is 27.7. The molecule has 2 aromatic heterocycles. The Morgan fingerprint density at radius 1 is 1.20 bits per heavy atom. The summed E-state index contributed by atoms with van der Waals surface area (Å²) in [7, 11) is -3.34. The van der Waals surface area contributed by atoms with Crippen LogP contribution < -0.4 is 15.0 Å². The third kappa shape index (κ3) is 5.52. The van der Waals surface area contributed by atoms with Gasteiger partial charge >= 0.3 is 6.01 Å². The molecular formula is C35H35F3N6O4S. The number of nitrogens with one attached hydrogen (secondary N) is 1. The molecule has 49 heavy (non-hydrogen) atoms. The summed E-state index contributed by atoms with van der Waals surface area (Å²) in [6.07, 6.45) is 10.7. The van der Waals surface area contributed by atoms with Crippen molar-refractivity contribution in [2.24, 2.45) is 0 Å². The fraction of sp³-hybridized carbons (Fsp3) is 0.457. The number of anilines is 1. The topological polar surface area (TPSA) is 121 Å². The quantitative estimate of drug-likeness (QED) is 0.274. The largest absolute Gasteiger partial charge is 0.508 e. The van der Waals surface area contributed by atoms with Crippen LogP contribution in [0.1, 0.15) is 37.7 Å². The number of aromatic hydroxyl groups is 1. The lowest BCUT2D eigenvalue weighted by atomic mass is 9.95. The van der Waals surface area contributed by atoms with Crippen LogP contribution in [0.2, 0.25) is 0 Å². The van der Waals surface area contributed by atoms with E-state index in [2.05, 4.69) is 26.1 Å². The van der Waals surface area contributed by atoms with E-state index in [1.54, 1.807) is 0 Å². The first-order valence-corrected chi connectivity index (χ1v) is 18.4. The first-order valence-electron chi connectivity index (χ1n) is 16.4. The number of piperazine rings is 1. The van der Waals surface area contributed by atoms with Crippen LogP contribution in [0.3, 0.4) is 0 Å². The van der Waals surface area contributed by atoms with E-state index >= 15 is 4.39 Å². The highest BCUT2D eigenvalue weighted by Crippen LogP contribution is 2.42. The highest BCUT2D eigenvalue weighted by Gasteiger charge is 2.50. The second-order valence-electron chi connectivity index (χ2n) is 14.1. The molecule has 2 N–H and O–H groups in total. The van der Waals surface area contributed by atoms with E-state index < -0.39 is 38.7 Å². The maximum Gasteiger partial charge on any atom is 0.319 e. The Bertz CT molecular complexity index is 2180. The van der Waals surface area contributed by atoms with Crippen LogP contribution in [0, 0.1) is 24.0 Å². The average molecular weight is 693 g/mol. The molecule has 0 radical (unpaired) electrons. The molecule has 2 bridgehead atoms. The fourth-order valence-electron chi connectivity index (χ4n) is 8.72. The van der Waals surface area contributed by atoms with Crippen molar-refractivity contribution in [1.82, 2.24) is 25.2 Å². The van der Waals surface area contributed by atoms with Crippen LogP contribution >= 0.6 is 0 Å². The highest BCUT2D eigenvalue weighted by molar-refractivity contribution is 7.90. The smallest absolute Gasteiger partial charge is 0.319 e. The number of fused-ring (bicyclic) bond motifs is 5.